The normalized spacial score (nSPS) is 34.4. The average Bonchev–Trinajstić information content (AvgIpc) is 3.14. The molecule has 22 heteroatoms. The second-order valence-electron chi connectivity index (χ2n) is 7.99. The van der Waals surface area contributed by atoms with Crippen LogP contribution in [0, 0.1) is 6.92 Å². The van der Waals surface area contributed by atoms with Crippen LogP contribution in [0.1, 0.15) is 18.2 Å². The zero-order chi connectivity index (χ0) is 27.0. The molecule has 2 fully saturated rings. The van der Waals surface area contributed by atoms with Crippen LogP contribution in [0.5, 0.6) is 0 Å². The van der Waals surface area contributed by atoms with Gasteiger partial charge in [-0.2, -0.15) is 0 Å². The summed E-state index contributed by atoms with van der Waals surface area (Å²) in [5.41, 5.74) is -1.32. The number of hydrogen-bond donors (Lipinski definition) is 6. The first-order valence-corrected chi connectivity index (χ1v) is 13.2. The molecule has 1 aromatic rings. The van der Waals surface area contributed by atoms with Crippen LogP contribution in [0.3, 0.4) is 0 Å². The van der Waals surface area contributed by atoms with Gasteiger partial charge < -0.3 is 49.3 Å². The first-order valence-electron chi connectivity index (χ1n) is 10.3. The van der Waals surface area contributed by atoms with Gasteiger partial charge in [0.05, 0.1) is 19.3 Å². The molecule has 206 valence electrons. The number of aryl methyl sites for hydroxylation is 1. The first-order chi connectivity index (χ1) is 16.6. The van der Waals surface area contributed by atoms with E-state index in [-0.39, 0.29) is 71.1 Å². The average molecular weight is 608 g/mol. The monoisotopic (exact) mass is 608 g/mol. The fourth-order valence-electron chi connectivity index (χ4n) is 3.45. The van der Waals surface area contributed by atoms with E-state index in [9.17, 15) is 48.9 Å². The van der Waals surface area contributed by atoms with E-state index >= 15 is 0 Å². The zero-order valence-electron chi connectivity index (χ0n) is 20.4. The van der Waals surface area contributed by atoms with Gasteiger partial charge in [-0.15, -0.1) is 0 Å². The van der Waals surface area contributed by atoms with Crippen LogP contribution in [0.15, 0.2) is 15.8 Å². The molecule has 0 aromatic carbocycles. The molecule has 3 rings (SSSR count). The number of ether oxygens (including phenoxy) is 2. The number of nitrogens with one attached hydrogen (secondary N) is 1. The molecule has 2 saturated heterocycles. The number of hydrogen-bond acceptors (Lipinski definition) is 16. The van der Waals surface area contributed by atoms with Crippen molar-refractivity contribution in [2.45, 2.75) is 62.5 Å². The summed E-state index contributed by atoms with van der Waals surface area (Å²) in [5.74, 6) is 0. The van der Waals surface area contributed by atoms with Crippen molar-refractivity contribution in [3.05, 3.63) is 32.6 Å². The van der Waals surface area contributed by atoms with Crippen molar-refractivity contribution in [3.8, 4) is 0 Å². The molecule has 38 heavy (non-hydrogen) atoms. The third kappa shape index (κ3) is 9.08. The van der Waals surface area contributed by atoms with Gasteiger partial charge in [-0.3, -0.25) is 28.0 Å². The Hall–Kier alpha value is 0.660. The van der Waals surface area contributed by atoms with Crippen molar-refractivity contribution in [1.82, 2.24) is 9.55 Å². The molecule has 6 N–H and O–H groups in total. The summed E-state index contributed by atoms with van der Waals surface area (Å²) in [6.07, 6.45) is -12.7. The SMILES string of the molecule is Cc1cn(C2CC(O)C(COP(=O)([O-])OP(=O)([O-])OC3OC(CO)C(O)C(O)C3O)O2)c(=O)[nH]c1=O.[Na+].[Na+]. The van der Waals surface area contributed by atoms with Gasteiger partial charge in [0.2, 0.25) is 0 Å². The van der Waals surface area contributed by atoms with Crippen molar-refractivity contribution in [1.29, 1.82) is 0 Å². The number of phosphoric ester groups is 2. The Balaban J connectivity index is 0.00000361. The number of aromatic amines is 1. The van der Waals surface area contributed by atoms with E-state index in [1.165, 1.54) is 13.1 Å². The molecule has 10 unspecified atom stereocenters. The van der Waals surface area contributed by atoms with E-state index < -0.39 is 89.2 Å². The van der Waals surface area contributed by atoms with Crippen LogP contribution in [0.4, 0.5) is 0 Å². The van der Waals surface area contributed by atoms with Gasteiger partial charge in [-0.25, -0.2) is 9.11 Å². The van der Waals surface area contributed by atoms with Crippen LogP contribution in [-0.4, -0.2) is 91.2 Å². The Kier molecular flexibility index (Phi) is 14.2. The Morgan fingerprint density at radius 3 is 2.29 bits per heavy atom. The van der Waals surface area contributed by atoms with E-state index in [1.54, 1.807) is 0 Å². The van der Waals surface area contributed by atoms with Crippen molar-refractivity contribution >= 4 is 15.6 Å². The number of nitrogens with zero attached hydrogens (tertiary/aromatic N) is 1. The topological polar surface area (TPSA) is 282 Å². The molecule has 0 amide bonds. The minimum Gasteiger partial charge on any atom is -0.756 e. The molecule has 10 atom stereocenters. The van der Waals surface area contributed by atoms with Gasteiger partial charge in [-0.05, 0) is 6.92 Å². The van der Waals surface area contributed by atoms with Crippen LogP contribution >= 0.6 is 15.6 Å². The molecular weight excluding hydrogens is 584 g/mol. The molecular formula is C16H24N2Na2O16P2. The smallest absolute Gasteiger partial charge is 0.756 e. The number of H-pyrrole nitrogens is 1. The van der Waals surface area contributed by atoms with E-state index in [0.29, 0.717) is 0 Å². The summed E-state index contributed by atoms with van der Waals surface area (Å²) in [6, 6.07) is 0. The summed E-state index contributed by atoms with van der Waals surface area (Å²) < 4.78 is 47.8. The van der Waals surface area contributed by atoms with Gasteiger partial charge in [0.1, 0.15) is 36.7 Å². The summed E-state index contributed by atoms with van der Waals surface area (Å²) in [5, 5.41) is 48.4. The third-order valence-corrected chi connectivity index (χ3v) is 7.87. The second-order valence-corrected chi connectivity index (χ2v) is 10.9. The second kappa shape index (κ2) is 14.7. The number of phosphoric acid groups is 2. The number of rotatable bonds is 9. The maximum atomic E-state index is 12.0. The van der Waals surface area contributed by atoms with Crippen LogP contribution in [0.25, 0.3) is 0 Å². The number of aliphatic hydroxyl groups excluding tert-OH is 5. The van der Waals surface area contributed by atoms with Crippen molar-refractivity contribution < 1.29 is 126 Å². The molecule has 0 bridgehead atoms. The maximum absolute atomic E-state index is 12.0. The quantitative estimate of drug-likeness (QED) is 0.112. The van der Waals surface area contributed by atoms with Crippen molar-refractivity contribution in [3.63, 3.8) is 0 Å². The summed E-state index contributed by atoms with van der Waals surface area (Å²) in [7, 11) is -11.6. The molecule has 3 heterocycles. The standard InChI is InChI=1S/C16H26N2O16P2.2Na/c1-6-3-18(16(25)17-14(6)24)10-2-7(20)9(31-10)5-30-35(26,27)34-36(28,29)33-15-13(23)12(22)11(21)8(4-19)32-15;;/h3,7-13,15,19-23H,2,4-5H2,1H3,(H,26,27)(H,28,29)(H,17,24,25);;/q;2*+1/p-2. The fraction of sp³-hybridized carbons (Fsp3) is 0.750. The number of aliphatic hydroxyl groups is 5. The van der Waals surface area contributed by atoms with Crippen LogP contribution in [-0.2, 0) is 32.0 Å². The zero-order valence-corrected chi connectivity index (χ0v) is 26.2. The van der Waals surface area contributed by atoms with Gasteiger partial charge >= 0.3 is 64.8 Å². The van der Waals surface area contributed by atoms with E-state index in [4.69, 9.17) is 14.6 Å². The van der Waals surface area contributed by atoms with Crippen LogP contribution in [0.2, 0.25) is 0 Å². The Labute approximate surface area is 258 Å². The van der Waals surface area contributed by atoms with Gasteiger partial charge in [0, 0.05) is 18.2 Å². The van der Waals surface area contributed by atoms with Gasteiger partial charge in [0.15, 0.2) is 6.29 Å². The minimum absolute atomic E-state index is 0. The molecule has 2 aliphatic heterocycles. The molecule has 2 aliphatic rings. The maximum Gasteiger partial charge on any atom is 1.00 e. The minimum atomic E-state index is -5.85. The summed E-state index contributed by atoms with van der Waals surface area (Å²) in [4.78, 5) is 49.6. The Bertz CT molecular complexity index is 1150. The molecule has 0 saturated carbocycles. The van der Waals surface area contributed by atoms with E-state index in [0.717, 1.165) is 4.57 Å². The van der Waals surface area contributed by atoms with E-state index in [1.807, 2.05) is 4.98 Å². The molecule has 0 spiro atoms. The van der Waals surface area contributed by atoms with Gasteiger partial charge in [-0.1, -0.05) is 0 Å². The predicted octanol–water partition coefficient (Wildman–Crippen LogP) is -10.7. The number of aromatic nitrogens is 2. The molecule has 0 aliphatic carbocycles. The Morgan fingerprint density at radius 2 is 1.68 bits per heavy atom. The molecule has 1 aromatic heterocycles. The van der Waals surface area contributed by atoms with Gasteiger partial charge in [0.25, 0.3) is 21.2 Å². The predicted molar refractivity (Wildman–Crippen MR) is 108 cm³/mol. The summed E-state index contributed by atoms with van der Waals surface area (Å²) in [6.45, 7) is -0.442. The van der Waals surface area contributed by atoms with Crippen molar-refractivity contribution in [2.75, 3.05) is 13.2 Å². The van der Waals surface area contributed by atoms with E-state index in [2.05, 4.69) is 13.4 Å². The van der Waals surface area contributed by atoms with Crippen LogP contribution < -0.4 is 80.2 Å². The Morgan fingerprint density at radius 1 is 1.05 bits per heavy atom. The first kappa shape index (κ1) is 36.7. The fourth-order valence-corrected chi connectivity index (χ4v) is 5.53. The largest absolute Gasteiger partial charge is 1.00 e. The van der Waals surface area contributed by atoms with Crippen molar-refractivity contribution in [2.24, 2.45) is 0 Å². The molecule has 18 nitrogen and oxygen atoms in total. The summed E-state index contributed by atoms with van der Waals surface area (Å²) >= 11 is 0. The molecule has 0 radical (unpaired) electrons. The third-order valence-electron chi connectivity index (χ3n) is 5.34.